The van der Waals surface area contributed by atoms with Crippen LogP contribution >= 0.6 is 0 Å². The second-order valence-electron chi connectivity index (χ2n) is 5.78. The van der Waals surface area contributed by atoms with Crippen molar-refractivity contribution in [2.45, 2.75) is 65.6 Å². The minimum absolute atomic E-state index is 0.184. The maximum atomic E-state index is 11.1. The number of phenols is 1. The quantitative estimate of drug-likeness (QED) is 0.489. The molecule has 0 heterocycles. The molecule has 0 aliphatic heterocycles. The molecule has 6 nitrogen and oxygen atoms in total. The molecule has 0 spiro atoms. The molecule has 0 saturated carbocycles. The van der Waals surface area contributed by atoms with Crippen LogP contribution in [0.25, 0.3) is 0 Å². The average Bonchev–Trinajstić information content (AvgIpc) is 2.50. The van der Waals surface area contributed by atoms with Crippen LogP contribution in [0.2, 0.25) is 0 Å². The molecule has 0 aromatic heterocycles. The van der Waals surface area contributed by atoms with Gasteiger partial charge in [-0.2, -0.15) is 0 Å². The van der Waals surface area contributed by atoms with E-state index in [0.717, 1.165) is 31.7 Å². The maximum absolute atomic E-state index is 11.1. The second kappa shape index (κ2) is 14.3. The molecule has 0 amide bonds. The SMILES string of the molecule is CC(=O)O.CCCCCC[C@H](COCc1cccc(O)c1)OC(C)=O. The topological polar surface area (TPSA) is 93.1 Å². The number of carbonyl (C=O) groups is 2. The highest BCUT2D eigenvalue weighted by molar-refractivity contribution is 5.66. The number of carbonyl (C=O) groups excluding carboxylic acids is 1. The smallest absolute Gasteiger partial charge is 0.302 e. The Labute approximate surface area is 149 Å². The van der Waals surface area contributed by atoms with Crippen molar-refractivity contribution >= 4 is 11.9 Å². The summed E-state index contributed by atoms with van der Waals surface area (Å²) in [5, 5.41) is 16.8. The summed E-state index contributed by atoms with van der Waals surface area (Å²) in [5.74, 6) is -0.872. The summed E-state index contributed by atoms with van der Waals surface area (Å²) in [6, 6.07) is 6.96. The zero-order valence-corrected chi connectivity index (χ0v) is 15.4. The molecule has 142 valence electrons. The molecule has 0 fully saturated rings. The van der Waals surface area contributed by atoms with Gasteiger partial charge in [-0.3, -0.25) is 9.59 Å². The molecule has 1 rings (SSSR count). The number of carboxylic acid groups (broad SMARTS) is 1. The van der Waals surface area contributed by atoms with Gasteiger partial charge in [0.2, 0.25) is 0 Å². The van der Waals surface area contributed by atoms with E-state index < -0.39 is 5.97 Å². The van der Waals surface area contributed by atoms with Gasteiger partial charge in [-0.1, -0.05) is 38.3 Å². The summed E-state index contributed by atoms with van der Waals surface area (Å²) in [6.45, 7) is 5.47. The van der Waals surface area contributed by atoms with Crippen LogP contribution in [-0.4, -0.2) is 34.9 Å². The van der Waals surface area contributed by atoms with Gasteiger partial charge in [0.15, 0.2) is 0 Å². The molecular formula is C19H30O6. The minimum atomic E-state index is -0.833. The van der Waals surface area contributed by atoms with E-state index in [2.05, 4.69) is 6.92 Å². The first-order valence-corrected chi connectivity index (χ1v) is 8.57. The molecule has 0 aliphatic rings. The van der Waals surface area contributed by atoms with Crippen LogP contribution in [-0.2, 0) is 25.7 Å². The van der Waals surface area contributed by atoms with Crippen LogP contribution in [0.3, 0.4) is 0 Å². The third-order valence-corrected chi connectivity index (χ3v) is 3.20. The Morgan fingerprint density at radius 3 is 2.40 bits per heavy atom. The van der Waals surface area contributed by atoms with Gasteiger partial charge in [-0.25, -0.2) is 0 Å². The van der Waals surface area contributed by atoms with Crippen LogP contribution in [0.15, 0.2) is 24.3 Å². The van der Waals surface area contributed by atoms with Crippen molar-refractivity contribution in [1.82, 2.24) is 0 Å². The normalized spacial score (nSPS) is 11.2. The van der Waals surface area contributed by atoms with Gasteiger partial charge in [0, 0.05) is 13.8 Å². The third kappa shape index (κ3) is 15.2. The lowest BCUT2D eigenvalue weighted by atomic mass is 10.1. The van der Waals surface area contributed by atoms with Crippen molar-refractivity contribution in [3.8, 4) is 5.75 Å². The molecule has 0 radical (unpaired) electrons. The highest BCUT2D eigenvalue weighted by atomic mass is 16.6. The van der Waals surface area contributed by atoms with Gasteiger partial charge in [0.1, 0.15) is 11.9 Å². The number of benzene rings is 1. The summed E-state index contributed by atoms with van der Waals surface area (Å²) in [4.78, 5) is 20.1. The summed E-state index contributed by atoms with van der Waals surface area (Å²) >= 11 is 0. The number of aliphatic carboxylic acids is 1. The van der Waals surface area contributed by atoms with Crippen LogP contribution < -0.4 is 0 Å². The predicted molar refractivity (Wildman–Crippen MR) is 95.4 cm³/mol. The van der Waals surface area contributed by atoms with Crippen molar-refractivity contribution in [3.05, 3.63) is 29.8 Å². The highest BCUT2D eigenvalue weighted by Gasteiger charge is 2.12. The second-order valence-corrected chi connectivity index (χ2v) is 5.78. The van der Waals surface area contributed by atoms with Crippen LogP contribution in [0.1, 0.15) is 58.4 Å². The van der Waals surface area contributed by atoms with Gasteiger partial charge >= 0.3 is 5.97 Å². The van der Waals surface area contributed by atoms with E-state index in [1.165, 1.54) is 19.8 Å². The summed E-state index contributed by atoms with van der Waals surface area (Å²) < 4.78 is 10.9. The molecular weight excluding hydrogens is 324 g/mol. The Morgan fingerprint density at radius 1 is 1.16 bits per heavy atom. The lowest BCUT2D eigenvalue weighted by Crippen LogP contribution is -2.22. The Hall–Kier alpha value is -2.08. The molecule has 1 atom stereocenters. The Kier molecular flexibility index (Phi) is 13.1. The number of esters is 1. The Bertz CT molecular complexity index is 496. The number of hydrogen-bond donors (Lipinski definition) is 2. The van der Waals surface area contributed by atoms with Crippen molar-refractivity contribution in [2.75, 3.05) is 6.61 Å². The Balaban J connectivity index is 0.00000129. The molecule has 1 aromatic carbocycles. The number of phenolic OH excluding ortho intramolecular Hbond substituents is 1. The van der Waals surface area contributed by atoms with Gasteiger partial charge in [0.25, 0.3) is 5.97 Å². The maximum Gasteiger partial charge on any atom is 0.302 e. The zero-order chi connectivity index (χ0) is 19.1. The fraction of sp³-hybridized carbons (Fsp3) is 0.579. The van der Waals surface area contributed by atoms with Crippen LogP contribution in [0.4, 0.5) is 0 Å². The number of carboxylic acids is 1. The minimum Gasteiger partial charge on any atom is -0.508 e. The fourth-order valence-electron chi connectivity index (χ4n) is 2.16. The number of hydrogen-bond acceptors (Lipinski definition) is 5. The fourth-order valence-corrected chi connectivity index (χ4v) is 2.16. The lowest BCUT2D eigenvalue weighted by Gasteiger charge is -2.17. The molecule has 25 heavy (non-hydrogen) atoms. The third-order valence-electron chi connectivity index (χ3n) is 3.20. The summed E-state index contributed by atoms with van der Waals surface area (Å²) in [5.41, 5.74) is 0.905. The van der Waals surface area contributed by atoms with Crippen molar-refractivity contribution in [2.24, 2.45) is 0 Å². The van der Waals surface area contributed by atoms with Gasteiger partial charge < -0.3 is 19.7 Å². The molecule has 0 aliphatic carbocycles. The molecule has 0 saturated heterocycles. The van der Waals surface area contributed by atoms with Crippen molar-refractivity contribution < 1.29 is 29.3 Å². The van der Waals surface area contributed by atoms with E-state index in [-0.39, 0.29) is 17.8 Å². The molecule has 6 heteroatoms. The lowest BCUT2D eigenvalue weighted by molar-refractivity contribution is -0.150. The first-order chi connectivity index (χ1) is 11.8. The standard InChI is InChI=1S/C17H26O4.C2H4O2/c1-3-4-5-6-10-17(21-14(2)18)13-20-12-15-8-7-9-16(19)11-15;1-2(3)4/h7-9,11,17,19H,3-6,10,12-13H2,1-2H3;1H3,(H,3,4)/t17-;/m1./s1. The monoisotopic (exact) mass is 354 g/mol. The van der Waals surface area contributed by atoms with Gasteiger partial charge in [0.05, 0.1) is 13.2 Å². The number of unbranched alkanes of at least 4 members (excludes halogenated alkanes) is 3. The van der Waals surface area contributed by atoms with E-state index in [4.69, 9.17) is 19.4 Å². The summed E-state index contributed by atoms with van der Waals surface area (Å²) in [6.07, 6.45) is 5.24. The number of aromatic hydroxyl groups is 1. The first-order valence-electron chi connectivity index (χ1n) is 8.57. The number of ether oxygens (including phenoxy) is 2. The molecule has 0 unspecified atom stereocenters. The largest absolute Gasteiger partial charge is 0.508 e. The predicted octanol–water partition coefficient (Wildman–Crippen LogP) is 3.90. The van der Waals surface area contributed by atoms with Crippen LogP contribution in [0.5, 0.6) is 5.75 Å². The van der Waals surface area contributed by atoms with Gasteiger partial charge in [-0.15, -0.1) is 0 Å². The van der Waals surface area contributed by atoms with Crippen LogP contribution in [0, 0.1) is 0 Å². The molecule has 1 aromatic rings. The van der Waals surface area contributed by atoms with Crippen molar-refractivity contribution in [1.29, 1.82) is 0 Å². The number of rotatable bonds is 10. The molecule has 2 N–H and O–H groups in total. The van der Waals surface area contributed by atoms with E-state index in [1.54, 1.807) is 18.2 Å². The zero-order valence-electron chi connectivity index (χ0n) is 15.4. The van der Waals surface area contributed by atoms with E-state index >= 15 is 0 Å². The Morgan fingerprint density at radius 2 is 1.84 bits per heavy atom. The van der Waals surface area contributed by atoms with E-state index in [9.17, 15) is 9.90 Å². The summed E-state index contributed by atoms with van der Waals surface area (Å²) in [7, 11) is 0. The van der Waals surface area contributed by atoms with E-state index in [0.29, 0.717) is 13.2 Å². The first kappa shape index (κ1) is 22.9. The van der Waals surface area contributed by atoms with Gasteiger partial charge in [-0.05, 0) is 30.5 Å². The highest BCUT2D eigenvalue weighted by Crippen LogP contribution is 2.13. The average molecular weight is 354 g/mol. The van der Waals surface area contributed by atoms with Crippen molar-refractivity contribution in [3.63, 3.8) is 0 Å². The molecule has 0 bridgehead atoms. The van der Waals surface area contributed by atoms with E-state index in [1.807, 2.05) is 6.07 Å².